The van der Waals surface area contributed by atoms with Crippen molar-refractivity contribution in [2.75, 3.05) is 7.11 Å². The number of methoxy groups -OCH3 is 1. The highest BCUT2D eigenvalue weighted by Gasteiger charge is 2.10. The highest BCUT2D eigenvalue weighted by molar-refractivity contribution is 7.17. The smallest absolute Gasteiger partial charge is 0.328 e. The number of benzene rings is 1. The van der Waals surface area contributed by atoms with Crippen molar-refractivity contribution in [1.29, 1.82) is 0 Å². The number of carbonyl (C=O) groups is 1. The summed E-state index contributed by atoms with van der Waals surface area (Å²) in [5.74, 6) is 0.577. The van der Waals surface area contributed by atoms with Gasteiger partial charge in [-0.3, -0.25) is 14.2 Å². The van der Waals surface area contributed by atoms with Gasteiger partial charge >= 0.3 is 5.69 Å². The van der Waals surface area contributed by atoms with Crippen LogP contribution in [-0.4, -0.2) is 22.6 Å². The second kappa shape index (κ2) is 8.01. The first-order valence-corrected chi connectivity index (χ1v) is 9.07. The van der Waals surface area contributed by atoms with Crippen LogP contribution in [0.15, 0.2) is 45.3 Å². The summed E-state index contributed by atoms with van der Waals surface area (Å²) in [6, 6.07) is 9.17. The van der Waals surface area contributed by atoms with Gasteiger partial charge in [0.1, 0.15) is 10.4 Å². The van der Waals surface area contributed by atoms with Crippen LogP contribution in [0.4, 0.5) is 0 Å². The van der Waals surface area contributed by atoms with Crippen LogP contribution in [0.2, 0.25) is 0 Å². The van der Waals surface area contributed by atoms with Crippen molar-refractivity contribution in [2.24, 2.45) is 0 Å². The van der Waals surface area contributed by atoms with Gasteiger partial charge in [-0.1, -0.05) is 18.2 Å². The van der Waals surface area contributed by atoms with E-state index in [2.05, 4.69) is 10.3 Å². The third kappa shape index (κ3) is 3.85. The highest BCUT2D eigenvalue weighted by atomic mass is 32.1. The van der Waals surface area contributed by atoms with Gasteiger partial charge in [-0.05, 0) is 23.9 Å². The van der Waals surface area contributed by atoms with E-state index in [9.17, 15) is 14.4 Å². The van der Waals surface area contributed by atoms with E-state index in [-0.39, 0.29) is 24.4 Å². The van der Waals surface area contributed by atoms with Crippen LogP contribution in [0.25, 0.3) is 10.2 Å². The lowest BCUT2D eigenvalue weighted by atomic mass is 10.2. The molecule has 1 amide bonds. The van der Waals surface area contributed by atoms with Crippen molar-refractivity contribution in [2.45, 2.75) is 25.9 Å². The predicted octanol–water partition coefficient (Wildman–Crippen LogP) is 1.86. The molecule has 26 heavy (non-hydrogen) atoms. The van der Waals surface area contributed by atoms with E-state index in [1.807, 2.05) is 24.3 Å². The zero-order valence-corrected chi connectivity index (χ0v) is 15.1. The van der Waals surface area contributed by atoms with E-state index in [1.54, 1.807) is 18.6 Å². The molecule has 0 aliphatic heterocycles. The van der Waals surface area contributed by atoms with Crippen molar-refractivity contribution < 1.29 is 9.53 Å². The molecule has 7 nitrogen and oxygen atoms in total. The Labute approximate surface area is 153 Å². The number of hydrogen-bond acceptors (Lipinski definition) is 5. The first-order valence-electron chi connectivity index (χ1n) is 8.19. The van der Waals surface area contributed by atoms with Gasteiger partial charge in [-0.2, -0.15) is 0 Å². The summed E-state index contributed by atoms with van der Waals surface area (Å²) in [6.07, 6.45) is 0.626. The maximum atomic E-state index is 12.3. The van der Waals surface area contributed by atoms with Gasteiger partial charge in [0.2, 0.25) is 5.91 Å². The molecule has 0 spiro atoms. The first-order chi connectivity index (χ1) is 12.6. The molecule has 0 bridgehead atoms. The number of fused-ring (bicyclic) bond motifs is 1. The van der Waals surface area contributed by atoms with Gasteiger partial charge in [0.15, 0.2) is 0 Å². The normalized spacial score (nSPS) is 10.8. The van der Waals surface area contributed by atoms with Crippen LogP contribution >= 0.6 is 11.3 Å². The van der Waals surface area contributed by atoms with Crippen molar-refractivity contribution in [3.8, 4) is 5.75 Å². The molecule has 2 N–H and O–H groups in total. The molecule has 1 aromatic carbocycles. The van der Waals surface area contributed by atoms with Crippen LogP contribution in [0.5, 0.6) is 5.75 Å². The number of aromatic amines is 1. The van der Waals surface area contributed by atoms with Crippen molar-refractivity contribution in [3.05, 3.63) is 62.1 Å². The van der Waals surface area contributed by atoms with Crippen LogP contribution in [0.3, 0.4) is 0 Å². The molecule has 136 valence electrons. The average Bonchev–Trinajstić information content (AvgIpc) is 3.11. The van der Waals surface area contributed by atoms with Crippen LogP contribution in [0, 0.1) is 0 Å². The molecule has 0 aliphatic rings. The Morgan fingerprint density at radius 3 is 2.88 bits per heavy atom. The van der Waals surface area contributed by atoms with Crippen LogP contribution < -0.4 is 21.3 Å². The molecule has 0 aliphatic carbocycles. The number of ether oxygens (including phenoxy) is 1. The Balaban J connectivity index is 1.56. The largest absolute Gasteiger partial charge is 0.496 e. The third-order valence-electron chi connectivity index (χ3n) is 4.05. The van der Waals surface area contributed by atoms with Gasteiger partial charge in [0.25, 0.3) is 5.56 Å². The second-order valence-electron chi connectivity index (χ2n) is 5.74. The maximum Gasteiger partial charge on any atom is 0.328 e. The second-order valence-corrected chi connectivity index (χ2v) is 6.66. The van der Waals surface area contributed by atoms with E-state index in [4.69, 9.17) is 4.74 Å². The molecule has 0 unspecified atom stereocenters. The van der Waals surface area contributed by atoms with Gasteiger partial charge in [0.05, 0.1) is 12.6 Å². The van der Waals surface area contributed by atoms with Gasteiger partial charge in [-0.15, -0.1) is 11.3 Å². The molecule has 0 atom stereocenters. The average molecular weight is 373 g/mol. The van der Waals surface area contributed by atoms with Gasteiger partial charge in [0, 0.05) is 25.1 Å². The topological polar surface area (TPSA) is 93.2 Å². The quantitative estimate of drug-likeness (QED) is 0.661. The van der Waals surface area contributed by atoms with E-state index in [0.717, 1.165) is 15.9 Å². The Morgan fingerprint density at radius 2 is 2.08 bits per heavy atom. The molecule has 2 aromatic heterocycles. The predicted molar refractivity (Wildman–Crippen MR) is 101 cm³/mol. The van der Waals surface area contributed by atoms with Gasteiger partial charge in [-0.25, -0.2) is 4.79 Å². The summed E-state index contributed by atoms with van der Waals surface area (Å²) < 4.78 is 6.91. The number of para-hydroxylation sites is 1. The molecule has 0 fully saturated rings. The van der Waals surface area contributed by atoms with Crippen LogP contribution in [-0.2, 0) is 17.9 Å². The minimum Gasteiger partial charge on any atom is -0.496 e. The molecular weight excluding hydrogens is 354 g/mol. The molecule has 0 radical (unpaired) electrons. The standard InChI is InChI=1S/C18H19N3O4S/c1-25-14-6-3-2-5-12(14)11-19-15(22)7-4-9-21-17(23)16-13(8-10-26-16)20-18(21)24/h2-3,5-6,8,10H,4,7,9,11H2,1H3,(H,19,22)(H,20,24). The Kier molecular flexibility index (Phi) is 5.52. The molecule has 2 heterocycles. The third-order valence-corrected chi connectivity index (χ3v) is 4.95. The van der Waals surface area contributed by atoms with Gasteiger partial charge < -0.3 is 15.0 Å². The maximum absolute atomic E-state index is 12.3. The number of rotatable bonds is 7. The first kappa shape index (κ1) is 17.9. The number of aromatic nitrogens is 2. The molecule has 3 aromatic rings. The molecular formula is C18H19N3O4S. The minimum atomic E-state index is -0.449. The minimum absolute atomic E-state index is 0.141. The number of H-pyrrole nitrogens is 1. The van der Waals surface area contributed by atoms with E-state index < -0.39 is 5.69 Å². The zero-order chi connectivity index (χ0) is 18.5. The van der Waals surface area contributed by atoms with E-state index in [1.165, 1.54) is 11.3 Å². The number of nitrogens with one attached hydrogen (secondary N) is 2. The molecule has 3 rings (SSSR count). The van der Waals surface area contributed by atoms with Crippen molar-refractivity contribution in [1.82, 2.24) is 14.9 Å². The van der Waals surface area contributed by atoms with Crippen molar-refractivity contribution >= 4 is 27.5 Å². The molecule has 0 saturated heterocycles. The fraction of sp³-hybridized carbons (Fsp3) is 0.278. The number of thiophene rings is 1. The van der Waals surface area contributed by atoms with Crippen LogP contribution in [0.1, 0.15) is 18.4 Å². The summed E-state index contributed by atoms with van der Waals surface area (Å²) in [6.45, 7) is 0.564. The molecule has 8 heteroatoms. The fourth-order valence-corrected chi connectivity index (χ4v) is 3.50. The lowest BCUT2D eigenvalue weighted by Crippen LogP contribution is -2.35. The summed E-state index contributed by atoms with van der Waals surface area (Å²) in [4.78, 5) is 39.0. The highest BCUT2D eigenvalue weighted by Crippen LogP contribution is 2.16. The zero-order valence-electron chi connectivity index (χ0n) is 14.3. The fourth-order valence-electron chi connectivity index (χ4n) is 2.70. The van der Waals surface area contributed by atoms with Crippen molar-refractivity contribution in [3.63, 3.8) is 0 Å². The Morgan fingerprint density at radius 1 is 1.27 bits per heavy atom. The number of carbonyl (C=O) groups excluding carboxylic acids is 1. The Bertz CT molecular complexity index is 1030. The molecule has 0 saturated carbocycles. The summed E-state index contributed by atoms with van der Waals surface area (Å²) in [5, 5.41) is 4.59. The monoisotopic (exact) mass is 373 g/mol. The van der Waals surface area contributed by atoms with E-state index >= 15 is 0 Å². The lowest BCUT2D eigenvalue weighted by Gasteiger charge is -2.09. The van der Waals surface area contributed by atoms with E-state index in [0.29, 0.717) is 23.2 Å². The number of nitrogens with zero attached hydrogens (tertiary/aromatic N) is 1. The Hall–Kier alpha value is -2.87. The SMILES string of the molecule is COc1ccccc1CNC(=O)CCCn1c(=O)[nH]c2ccsc2c1=O. The summed E-state index contributed by atoms with van der Waals surface area (Å²) in [7, 11) is 1.58. The summed E-state index contributed by atoms with van der Waals surface area (Å²) >= 11 is 1.29. The number of amides is 1. The summed E-state index contributed by atoms with van der Waals surface area (Å²) in [5.41, 5.74) is 0.679. The lowest BCUT2D eigenvalue weighted by molar-refractivity contribution is -0.121. The number of hydrogen-bond donors (Lipinski definition) is 2.